The molecule has 6 rings (SSSR count). The quantitative estimate of drug-likeness (QED) is 0.362. The summed E-state index contributed by atoms with van der Waals surface area (Å²) in [6.45, 7) is 9.41. The van der Waals surface area contributed by atoms with Crippen LogP contribution < -0.4 is 9.62 Å². The summed E-state index contributed by atoms with van der Waals surface area (Å²) in [7, 11) is -3.78. The summed E-state index contributed by atoms with van der Waals surface area (Å²) in [6, 6.07) is 15.0. The van der Waals surface area contributed by atoms with Crippen LogP contribution in [0.1, 0.15) is 89.3 Å². The lowest BCUT2D eigenvalue weighted by Gasteiger charge is -2.57. The number of hydrogen-bond donors (Lipinski definition) is 1. The first kappa shape index (κ1) is 31.6. The van der Waals surface area contributed by atoms with Crippen LogP contribution in [0.15, 0.2) is 48.5 Å². The molecule has 2 aromatic rings. The Morgan fingerprint density at radius 3 is 2.00 bits per heavy atom. The molecule has 2 aromatic carbocycles. The van der Waals surface area contributed by atoms with Gasteiger partial charge >= 0.3 is 0 Å². The largest absolute Gasteiger partial charge is 0.350 e. The predicted octanol–water partition coefficient (Wildman–Crippen LogP) is 5.95. The van der Waals surface area contributed by atoms with Crippen molar-refractivity contribution < 1.29 is 18.0 Å². The van der Waals surface area contributed by atoms with Gasteiger partial charge in [0.1, 0.15) is 12.6 Å². The van der Waals surface area contributed by atoms with Crippen LogP contribution in [-0.4, -0.2) is 49.5 Å². The Morgan fingerprint density at radius 2 is 1.51 bits per heavy atom. The fourth-order valence-corrected chi connectivity index (χ4v) is 9.25. The van der Waals surface area contributed by atoms with Crippen molar-refractivity contribution in [2.45, 2.75) is 103 Å². The number of carbonyl (C=O) groups excluding carboxylic acids is 2. The second-order valence-corrected chi connectivity index (χ2v) is 16.5. The molecule has 4 fully saturated rings. The minimum Gasteiger partial charge on any atom is -0.350 e. The van der Waals surface area contributed by atoms with Gasteiger partial charge in [0.15, 0.2) is 0 Å². The van der Waals surface area contributed by atoms with Gasteiger partial charge in [-0.25, -0.2) is 8.42 Å². The van der Waals surface area contributed by atoms with E-state index in [0.29, 0.717) is 12.1 Å². The lowest BCUT2D eigenvalue weighted by molar-refractivity contribution is -0.141. The van der Waals surface area contributed by atoms with Crippen LogP contribution in [0.4, 0.5) is 5.69 Å². The molecule has 0 saturated heterocycles. The molecule has 8 heteroatoms. The average Bonchev–Trinajstić information content (AvgIpc) is 2.90. The molecule has 43 heavy (non-hydrogen) atoms. The number of anilines is 1. The van der Waals surface area contributed by atoms with Gasteiger partial charge in [-0.15, -0.1) is 0 Å². The zero-order chi connectivity index (χ0) is 31.2. The zero-order valence-electron chi connectivity index (χ0n) is 26.7. The monoisotopic (exact) mass is 607 g/mol. The third-order valence-electron chi connectivity index (χ3n) is 9.97. The van der Waals surface area contributed by atoms with Crippen molar-refractivity contribution in [2.24, 2.45) is 17.8 Å². The van der Waals surface area contributed by atoms with Crippen LogP contribution in [-0.2, 0) is 31.6 Å². The van der Waals surface area contributed by atoms with Crippen molar-refractivity contribution in [2.75, 3.05) is 17.1 Å². The van der Waals surface area contributed by atoms with Crippen LogP contribution in [0, 0.1) is 24.7 Å². The molecule has 0 aromatic heterocycles. The Kier molecular flexibility index (Phi) is 8.73. The molecule has 234 valence electrons. The molecule has 0 unspecified atom stereocenters. The number of hydrogen-bond acceptors (Lipinski definition) is 4. The zero-order valence-corrected chi connectivity index (χ0v) is 27.5. The Labute approximate surface area is 258 Å². The van der Waals surface area contributed by atoms with Gasteiger partial charge in [0.05, 0.1) is 11.9 Å². The molecular formula is C35H49N3O4S. The van der Waals surface area contributed by atoms with E-state index in [1.807, 2.05) is 71.0 Å². The van der Waals surface area contributed by atoms with Gasteiger partial charge < -0.3 is 10.2 Å². The van der Waals surface area contributed by atoms with Gasteiger partial charge in [0.2, 0.25) is 21.8 Å². The first-order valence-electron chi connectivity index (χ1n) is 15.9. The highest BCUT2D eigenvalue weighted by atomic mass is 32.2. The smallest absolute Gasteiger partial charge is 0.244 e. The number of sulfonamides is 1. The SMILES string of the molecule is CC[C@@H](C(=O)NC(C)(C)C)N(Cc1ccccc1C)C(=O)CN(c1ccc(C23CC4CC(CC(C4)C2)C3)cc1)S(C)(=O)=O. The second-order valence-electron chi connectivity index (χ2n) is 14.6. The molecule has 4 bridgehead atoms. The van der Waals surface area contributed by atoms with Crippen LogP contribution in [0.2, 0.25) is 0 Å². The molecule has 7 nitrogen and oxygen atoms in total. The van der Waals surface area contributed by atoms with Gasteiger partial charge in [-0.05, 0) is 125 Å². The minimum atomic E-state index is -3.78. The van der Waals surface area contributed by atoms with Crippen molar-refractivity contribution in [3.63, 3.8) is 0 Å². The fourth-order valence-electron chi connectivity index (χ4n) is 8.40. The summed E-state index contributed by atoms with van der Waals surface area (Å²) in [6.07, 6.45) is 9.34. The van der Waals surface area contributed by atoms with E-state index >= 15 is 0 Å². The third kappa shape index (κ3) is 6.95. The topological polar surface area (TPSA) is 86.8 Å². The van der Waals surface area contributed by atoms with E-state index in [0.717, 1.165) is 35.1 Å². The second kappa shape index (κ2) is 11.9. The van der Waals surface area contributed by atoms with Gasteiger partial charge in [0, 0.05) is 12.1 Å². The Bertz CT molecular complexity index is 1410. The van der Waals surface area contributed by atoms with Crippen LogP contribution in [0.5, 0.6) is 0 Å². The van der Waals surface area contributed by atoms with Gasteiger partial charge in [-0.3, -0.25) is 13.9 Å². The number of aryl methyl sites for hydroxylation is 1. The van der Waals surface area contributed by atoms with E-state index in [1.54, 1.807) is 4.90 Å². The van der Waals surface area contributed by atoms with Crippen molar-refractivity contribution in [1.82, 2.24) is 10.2 Å². The molecule has 4 aliphatic rings. The van der Waals surface area contributed by atoms with E-state index < -0.39 is 27.5 Å². The number of benzene rings is 2. The first-order chi connectivity index (χ1) is 20.2. The van der Waals surface area contributed by atoms with Crippen molar-refractivity contribution in [3.8, 4) is 0 Å². The van der Waals surface area contributed by atoms with Gasteiger partial charge in [-0.2, -0.15) is 0 Å². The average molecular weight is 608 g/mol. The molecule has 0 spiro atoms. The van der Waals surface area contributed by atoms with Crippen molar-refractivity contribution in [1.29, 1.82) is 0 Å². The summed E-state index contributed by atoms with van der Waals surface area (Å²) < 4.78 is 27.5. The maximum Gasteiger partial charge on any atom is 0.244 e. The predicted molar refractivity (Wildman–Crippen MR) is 172 cm³/mol. The van der Waals surface area contributed by atoms with E-state index in [4.69, 9.17) is 0 Å². The summed E-state index contributed by atoms with van der Waals surface area (Å²) in [5.74, 6) is 1.80. The molecule has 2 amide bonds. The number of carbonyl (C=O) groups is 2. The van der Waals surface area contributed by atoms with Crippen LogP contribution in [0.3, 0.4) is 0 Å². The molecule has 1 atom stereocenters. The number of nitrogens with one attached hydrogen (secondary N) is 1. The summed E-state index contributed by atoms with van der Waals surface area (Å²) in [4.78, 5) is 29.1. The molecular weight excluding hydrogens is 558 g/mol. The van der Waals surface area contributed by atoms with E-state index in [1.165, 1.54) is 48.4 Å². The molecule has 0 aliphatic heterocycles. The van der Waals surface area contributed by atoms with E-state index in [2.05, 4.69) is 17.4 Å². The lowest BCUT2D eigenvalue weighted by Crippen LogP contribution is -2.55. The highest BCUT2D eigenvalue weighted by molar-refractivity contribution is 7.92. The Hall–Kier alpha value is -2.87. The summed E-state index contributed by atoms with van der Waals surface area (Å²) >= 11 is 0. The number of nitrogens with zero attached hydrogens (tertiary/aromatic N) is 2. The Balaban J connectivity index is 1.42. The summed E-state index contributed by atoms with van der Waals surface area (Å²) in [5, 5.41) is 3.02. The van der Waals surface area contributed by atoms with Gasteiger partial charge in [-0.1, -0.05) is 43.3 Å². The molecule has 0 heterocycles. The maximum atomic E-state index is 14.1. The van der Waals surface area contributed by atoms with Crippen molar-refractivity contribution in [3.05, 3.63) is 65.2 Å². The minimum absolute atomic E-state index is 0.206. The summed E-state index contributed by atoms with van der Waals surface area (Å²) in [5.41, 5.74) is 3.45. The van der Waals surface area contributed by atoms with E-state index in [-0.39, 0.29) is 24.4 Å². The standard InChI is InChI=1S/C35H49N3O4S/c1-7-31(33(40)36-34(3,4)5)37(22-28-11-9-8-10-24(28)2)32(39)23-38(43(6,41)42)30-14-12-29(13-15-30)35-19-25-16-26(20-35)18-27(17-25)21-35/h8-15,25-27,31H,7,16-23H2,1-6H3,(H,36,40)/t25?,26?,27?,31-,35?/m0/s1. The molecule has 1 N–H and O–H groups in total. The fraction of sp³-hybridized carbons (Fsp3) is 0.600. The van der Waals surface area contributed by atoms with Crippen LogP contribution >= 0.6 is 0 Å². The normalized spacial score (nSPS) is 25.3. The van der Waals surface area contributed by atoms with E-state index in [9.17, 15) is 18.0 Å². The highest BCUT2D eigenvalue weighted by Crippen LogP contribution is 2.60. The number of rotatable bonds is 10. The maximum absolute atomic E-state index is 14.1. The highest BCUT2D eigenvalue weighted by Gasteiger charge is 2.51. The molecule has 4 saturated carbocycles. The molecule has 4 aliphatic carbocycles. The van der Waals surface area contributed by atoms with Crippen molar-refractivity contribution >= 4 is 27.5 Å². The first-order valence-corrected chi connectivity index (χ1v) is 17.8. The third-order valence-corrected chi connectivity index (χ3v) is 11.1. The van der Waals surface area contributed by atoms with Gasteiger partial charge in [0.25, 0.3) is 0 Å². The number of amides is 2. The van der Waals surface area contributed by atoms with Crippen LogP contribution in [0.25, 0.3) is 0 Å². The Morgan fingerprint density at radius 1 is 0.953 bits per heavy atom. The molecule has 0 radical (unpaired) electrons. The lowest BCUT2D eigenvalue weighted by atomic mass is 9.48.